The second kappa shape index (κ2) is 5.40. The van der Waals surface area contributed by atoms with Gasteiger partial charge >= 0.3 is 5.91 Å². The second-order valence-electron chi connectivity index (χ2n) is 3.31. The van der Waals surface area contributed by atoms with E-state index in [2.05, 4.69) is 10.5 Å². The molecule has 0 unspecified atom stereocenters. The predicted molar refractivity (Wildman–Crippen MR) is 47.9 cm³/mol. The molecule has 0 aromatic carbocycles. The maximum Gasteiger partial charge on any atom is 0.308 e. The third kappa shape index (κ3) is 5.05. The number of nitrogens with one attached hydrogen (secondary N) is 1. The van der Waals surface area contributed by atoms with Crippen LogP contribution in [0.4, 0.5) is 0 Å². The van der Waals surface area contributed by atoms with E-state index in [4.69, 9.17) is 0 Å². The molecule has 0 aromatic rings. The van der Waals surface area contributed by atoms with Gasteiger partial charge < -0.3 is 5.32 Å². The fourth-order valence-corrected chi connectivity index (χ4v) is 1.00. The molecule has 0 aromatic heterocycles. The predicted octanol–water partition coefficient (Wildman–Crippen LogP) is 0.830. The average Bonchev–Trinajstić information content (AvgIpc) is 2.00. The molecule has 0 aliphatic rings. The van der Waals surface area contributed by atoms with Gasteiger partial charge in [-0.1, -0.05) is 13.8 Å². The molecule has 0 aliphatic heterocycles. The quantitative estimate of drug-likeness (QED) is 0.660. The van der Waals surface area contributed by atoms with E-state index >= 15 is 0 Å². The first kappa shape index (κ1) is 11.7. The molecule has 74 valence electrons. The summed E-state index contributed by atoms with van der Waals surface area (Å²) in [7, 11) is 0. The monoisotopic (exact) mass is 186 g/mol. The first-order chi connectivity index (χ1) is 5.97. The first-order valence-corrected chi connectivity index (χ1v) is 4.11. The van der Waals surface area contributed by atoms with Gasteiger partial charge in [-0.3, -0.25) is 9.59 Å². The molecule has 0 bridgehead atoms. The van der Waals surface area contributed by atoms with E-state index in [0.29, 0.717) is 6.42 Å². The largest absolute Gasteiger partial charge is 0.344 e. The Morgan fingerprint density at radius 1 is 1.38 bits per heavy atom. The summed E-state index contributed by atoms with van der Waals surface area (Å²) in [4.78, 5) is 31.5. The smallest absolute Gasteiger partial charge is 0.308 e. The lowest BCUT2D eigenvalue weighted by atomic mass is 10.0. The van der Waals surface area contributed by atoms with Crippen LogP contribution in [0.25, 0.3) is 0 Å². The van der Waals surface area contributed by atoms with Crippen LogP contribution >= 0.6 is 0 Å². The first-order valence-electron chi connectivity index (χ1n) is 4.11. The fourth-order valence-electron chi connectivity index (χ4n) is 1.00. The molecule has 1 atom stereocenters. The van der Waals surface area contributed by atoms with Gasteiger partial charge in [0.15, 0.2) is 0 Å². The maximum absolute atomic E-state index is 10.9. The Balaban J connectivity index is 4.26. The molecule has 0 heterocycles. The summed E-state index contributed by atoms with van der Waals surface area (Å²) in [6, 6.07) is -0.769. The summed E-state index contributed by atoms with van der Waals surface area (Å²) >= 11 is 0. The zero-order valence-electron chi connectivity index (χ0n) is 8.03. The minimum Gasteiger partial charge on any atom is -0.344 e. The van der Waals surface area contributed by atoms with Crippen molar-refractivity contribution < 1.29 is 9.59 Å². The number of nitrogens with zero attached hydrogens (tertiary/aromatic N) is 1. The number of carbonyl (C=O) groups is 2. The SMILES string of the molecule is CC(=O)N[C@@H](CC(C)C)C(=O)N=O. The van der Waals surface area contributed by atoms with Gasteiger partial charge in [0, 0.05) is 12.1 Å². The molecular formula is C8H14N2O3. The molecule has 5 heteroatoms. The van der Waals surface area contributed by atoms with Gasteiger partial charge in [-0.2, -0.15) is 0 Å². The Morgan fingerprint density at radius 2 is 1.92 bits per heavy atom. The van der Waals surface area contributed by atoms with E-state index in [0.717, 1.165) is 0 Å². The standard InChI is InChI=1S/C8H14N2O3/c1-5(2)4-7(8(12)10-13)9-6(3)11/h5,7H,4H2,1-3H3,(H,9,11)/t7-/m0/s1. The number of nitroso groups, excluding NO2 is 1. The van der Waals surface area contributed by atoms with Crippen molar-refractivity contribution in [3.05, 3.63) is 4.91 Å². The average molecular weight is 186 g/mol. The van der Waals surface area contributed by atoms with E-state index in [1.54, 1.807) is 0 Å². The van der Waals surface area contributed by atoms with Gasteiger partial charge in [-0.05, 0) is 12.3 Å². The molecule has 0 fully saturated rings. The number of carbonyl (C=O) groups excluding carboxylic acids is 2. The highest BCUT2D eigenvalue weighted by molar-refractivity contribution is 5.87. The molecular weight excluding hydrogens is 172 g/mol. The third-order valence-corrected chi connectivity index (χ3v) is 1.47. The summed E-state index contributed by atoms with van der Waals surface area (Å²) < 4.78 is 0. The van der Waals surface area contributed by atoms with Gasteiger partial charge in [0.1, 0.15) is 6.04 Å². The lowest BCUT2D eigenvalue weighted by Crippen LogP contribution is -2.39. The molecule has 0 saturated heterocycles. The van der Waals surface area contributed by atoms with Crippen molar-refractivity contribution in [1.29, 1.82) is 0 Å². The van der Waals surface area contributed by atoms with E-state index in [-0.39, 0.29) is 11.8 Å². The van der Waals surface area contributed by atoms with Crippen LogP contribution in [0.15, 0.2) is 5.18 Å². The zero-order valence-corrected chi connectivity index (χ0v) is 8.03. The lowest BCUT2D eigenvalue weighted by molar-refractivity contribution is -0.126. The van der Waals surface area contributed by atoms with Crippen LogP contribution in [0.1, 0.15) is 27.2 Å². The zero-order chi connectivity index (χ0) is 10.4. The number of rotatable bonds is 4. The van der Waals surface area contributed by atoms with Crippen molar-refractivity contribution in [2.45, 2.75) is 33.2 Å². The van der Waals surface area contributed by atoms with E-state index in [9.17, 15) is 14.5 Å². The van der Waals surface area contributed by atoms with E-state index in [1.165, 1.54) is 6.92 Å². The summed E-state index contributed by atoms with van der Waals surface area (Å²) in [6.45, 7) is 5.09. The van der Waals surface area contributed by atoms with Crippen LogP contribution < -0.4 is 5.32 Å². The van der Waals surface area contributed by atoms with Crippen LogP contribution in [0.3, 0.4) is 0 Å². The number of hydrogen-bond donors (Lipinski definition) is 1. The molecule has 0 aliphatic carbocycles. The Labute approximate surface area is 76.9 Å². The van der Waals surface area contributed by atoms with Crippen molar-refractivity contribution in [2.24, 2.45) is 11.1 Å². The second-order valence-corrected chi connectivity index (χ2v) is 3.31. The number of hydrogen-bond acceptors (Lipinski definition) is 3. The van der Waals surface area contributed by atoms with Crippen molar-refractivity contribution in [2.75, 3.05) is 0 Å². The Hall–Kier alpha value is -1.26. The van der Waals surface area contributed by atoms with Crippen molar-refractivity contribution in [3.8, 4) is 0 Å². The van der Waals surface area contributed by atoms with Gasteiger partial charge in [0.25, 0.3) is 0 Å². The highest BCUT2D eigenvalue weighted by Gasteiger charge is 2.20. The van der Waals surface area contributed by atoms with Crippen molar-refractivity contribution in [3.63, 3.8) is 0 Å². The summed E-state index contributed by atoms with van der Waals surface area (Å²) in [5.74, 6) is -0.922. The van der Waals surface area contributed by atoms with Crippen LogP contribution in [-0.2, 0) is 9.59 Å². The van der Waals surface area contributed by atoms with Gasteiger partial charge in [-0.25, -0.2) is 0 Å². The summed E-state index contributed by atoms with van der Waals surface area (Å²) in [5.41, 5.74) is 0. The number of amides is 2. The van der Waals surface area contributed by atoms with E-state index < -0.39 is 11.9 Å². The Morgan fingerprint density at radius 3 is 2.23 bits per heavy atom. The van der Waals surface area contributed by atoms with Crippen LogP contribution in [0.2, 0.25) is 0 Å². The van der Waals surface area contributed by atoms with Crippen molar-refractivity contribution in [1.82, 2.24) is 5.32 Å². The third-order valence-electron chi connectivity index (χ3n) is 1.47. The van der Waals surface area contributed by atoms with Gasteiger partial charge in [-0.15, -0.1) is 4.91 Å². The Bertz CT molecular complexity index is 213. The van der Waals surface area contributed by atoms with Crippen molar-refractivity contribution >= 4 is 11.8 Å². The summed E-state index contributed by atoms with van der Waals surface area (Å²) in [5, 5.41) is 4.67. The maximum atomic E-state index is 10.9. The van der Waals surface area contributed by atoms with Crippen LogP contribution in [0.5, 0.6) is 0 Å². The minimum atomic E-state index is -0.816. The molecule has 0 radical (unpaired) electrons. The molecule has 0 rings (SSSR count). The highest BCUT2D eigenvalue weighted by Crippen LogP contribution is 2.05. The normalized spacial score (nSPS) is 12.3. The molecule has 5 nitrogen and oxygen atoms in total. The molecule has 13 heavy (non-hydrogen) atoms. The minimum absolute atomic E-state index is 0.225. The molecule has 0 saturated carbocycles. The lowest BCUT2D eigenvalue weighted by Gasteiger charge is -2.14. The van der Waals surface area contributed by atoms with Gasteiger partial charge in [0.2, 0.25) is 5.91 Å². The highest BCUT2D eigenvalue weighted by atomic mass is 16.3. The Kier molecular flexibility index (Phi) is 4.87. The van der Waals surface area contributed by atoms with E-state index in [1.807, 2.05) is 13.8 Å². The molecule has 0 spiro atoms. The van der Waals surface area contributed by atoms with Crippen LogP contribution in [0, 0.1) is 10.8 Å². The molecule has 1 N–H and O–H groups in total. The van der Waals surface area contributed by atoms with Crippen LogP contribution in [-0.4, -0.2) is 17.9 Å². The fraction of sp³-hybridized carbons (Fsp3) is 0.750. The van der Waals surface area contributed by atoms with Gasteiger partial charge in [0.05, 0.1) is 0 Å². The topological polar surface area (TPSA) is 75.6 Å². The summed E-state index contributed by atoms with van der Waals surface area (Å²) in [6.07, 6.45) is 0.435. The molecule has 2 amide bonds.